The summed E-state index contributed by atoms with van der Waals surface area (Å²) >= 11 is 0. The number of nitrogens with one attached hydrogen (secondary N) is 1. The molecule has 0 saturated carbocycles. The van der Waals surface area contributed by atoms with Gasteiger partial charge in [0.1, 0.15) is 5.75 Å². The standard InChI is InChI=1S/C19H22N2O3/c22-19(23)21-12-6-7-15(14-21)13-20-17-10-4-5-11-18(17)24-16-8-2-1-3-9-16/h1-5,8-11,15,20H,6-7,12-14H2,(H,22,23). The van der Waals surface area contributed by atoms with Crippen molar-refractivity contribution in [3.63, 3.8) is 0 Å². The maximum Gasteiger partial charge on any atom is 0.407 e. The molecule has 0 spiro atoms. The van der Waals surface area contributed by atoms with Crippen LogP contribution in [-0.2, 0) is 0 Å². The molecule has 2 aromatic rings. The molecule has 1 atom stereocenters. The minimum absolute atomic E-state index is 0.319. The molecule has 24 heavy (non-hydrogen) atoms. The number of carbonyl (C=O) groups is 1. The van der Waals surface area contributed by atoms with Gasteiger partial charge in [-0.15, -0.1) is 0 Å². The number of piperidine rings is 1. The molecule has 0 radical (unpaired) electrons. The number of hydrogen-bond acceptors (Lipinski definition) is 3. The van der Waals surface area contributed by atoms with Gasteiger partial charge in [0.2, 0.25) is 0 Å². The second kappa shape index (κ2) is 7.73. The van der Waals surface area contributed by atoms with Gasteiger partial charge in [-0.1, -0.05) is 30.3 Å². The van der Waals surface area contributed by atoms with Crippen LogP contribution in [0.15, 0.2) is 54.6 Å². The normalized spacial score (nSPS) is 17.3. The molecule has 5 heteroatoms. The molecule has 1 aliphatic heterocycles. The molecule has 2 N–H and O–H groups in total. The molecule has 1 saturated heterocycles. The van der Waals surface area contributed by atoms with Crippen molar-refractivity contribution in [1.29, 1.82) is 0 Å². The Bertz CT molecular complexity index is 675. The fourth-order valence-electron chi connectivity index (χ4n) is 2.98. The zero-order chi connectivity index (χ0) is 16.8. The number of anilines is 1. The second-order valence-electron chi connectivity index (χ2n) is 6.03. The third-order valence-electron chi connectivity index (χ3n) is 4.23. The Morgan fingerprint density at radius 2 is 1.92 bits per heavy atom. The molecule has 126 valence electrons. The van der Waals surface area contributed by atoms with Crippen LogP contribution in [0, 0.1) is 5.92 Å². The molecule has 0 bridgehead atoms. The zero-order valence-corrected chi connectivity index (χ0v) is 13.5. The number of hydrogen-bond donors (Lipinski definition) is 2. The summed E-state index contributed by atoms with van der Waals surface area (Å²) in [7, 11) is 0. The lowest BCUT2D eigenvalue weighted by Gasteiger charge is -2.31. The summed E-state index contributed by atoms with van der Waals surface area (Å²) in [6.45, 7) is 1.96. The highest BCUT2D eigenvalue weighted by Crippen LogP contribution is 2.29. The van der Waals surface area contributed by atoms with E-state index in [9.17, 15) is 4.79 Å². The highest BCUT2D eigenvalue weighted by atomic mass is 16.5. The van der Waals surface area contributed by atoms with Crippen molar-refractivity contribution in [1.82, 2.24) is 4.90 Å². The number of para-hydroxylation sites is 3. The number of ether oxygens (including phenoxy) is 1. The van der Waals surface area contributed by atoms with E-state index in [1.807, 2.05) is 54.6 Å². The summed E-state index contributed by atoms with van der Waals surface area (Å²) in [5, 5.41) is 12.6. The third-order valence-corrected chi connectivity index (χ3v) is 4.23. The van der Waals surface area contributed by atoms with Crippen molar-refractivity contribution in [2.75, 3.05) is 25.0 Å². The van der Waals surface area contributed by atoms with Crippen LogP contribution in [0.25, 0.3) is 0 Å². The molecule has 1 fully saturated rings. The minimum Gasteiger partial charge on any atom is -0.465 e. The van der Waals surface area contributed by atoms with Crippen LogP contribution in [0.4, 0.5) is 10.5 Å². The molecule has 2 aromatic carbocycles. The van der Waals surface area contributed by atoms with Crippen LogP contribution in [0.2, 0.25) is 0 Å². The number of rotatable bonds is 5. The van der Waals surface area contributed by atoms with Crippen molar-refractivity contribution in [2.24, 2.45) is 5.92 Å². The first-order chi connectivity index (χ1) is 11.7. The van der Waals surface area contributed by atoms with Gasteiger partial charge in [0.25, 0.3) is 0 Å². The van der Waals surface area contributed by atoms with Crippen molar-refractivity contribution in [3.8, 4) is 11.5 Å². The van der Waals surface area contributed by atoms with E-state index in [1.165, 1.54) is 4.90 Å². The number of benzene rings is 2. The smallest absolute Gasteiger partial charge is 0.407 e. The van der Waals surface area contributed by atoms with Crippen LogP contribution in [0.5, 0.6) is 11.5 Å². The molecular weight excluding hydrogens is 304 g/mol. The summed E-state index contributed by atoms with van der Waals surface area (Å²) in [6.07, 6.45) is 1.13. The Kier molecular flexibility index (Phi) is 5.21. The summed E-state index contributed by atoms with van der Waals surface area (Å²) in [4.78, 5) is 12.6. The molecule has 1 amide bonds. The number of carboxylic acid groups (broad SMARTS) is 1. The van der Waals surface area contributed by atoms with Gasteiger partial charge in [-0.3, -0.25) is 0 Å². The molecule has 1 unspecified atom stereocenters. The van der Waals surface area contributed by atoms with Gasteiger partial charge in [-0.25, -0.2) is 4.79 Å². The summed E-state index contributed by atoms with van der Waals surface area (Å²) < 4.78 is 5.94. The highest BCUT2D eigenvalue weighted by Gasteiger charge is 2.23. The predicted molar refractivity (Wildman–Crippen MR) is 93.8 cm³/mol. The van der Waals surface area contributed by atoms with Gasteiger partial charge in [-0.2, -0.15) is 0 Å². The molecule has 5 nitrogen and oxygen atoms in total. The monoisotopic (exact) mass is 326 g/mol. The first-order valence-electron chi connectivity index (χ1n) is 8.26. The number of nitrogens with zero attached hydrogens (tertiary/aromatic N) is 1. The van der Waals surface area contributed by atoms with Crippen LogP contribution >= 0.6 is 0 Å². The average Bonchev–Trinajstić information content (AvgIpc) is 2.62. The first kappa shape index (κ1) is 16.2. The van der Waals surface area contributed by atoms with Gasteiger partial charge < -0.3 is 20.1 Å². The SMILES string of the molecule is O=C(O)N1CCCC(CNc2ccccc2Oc2ccccc2)C1. The minimum atomic E-state index is -0.826. The number of likely N-dealkylation sites (tertiary alicyclic amines) is 1. The number of amides is 1. The van der Waals surface area contributed by atoms with Crippen LogP contribution in [0.1, 0.15) is 12.8 Å². The lowest BCUT2D eigenvalue weighted by molar-refractivity contribution is 0.122. The molecule has 0 aromatic heterocycles. The van der Waals surface area contributed by atoms with Crippen molar-refractivity contribution in [2.45, 2.75) is 12.8 Å². The van der Waals surface area contributed by atoms with E-state index in [1.54, 1.807) is 0 Å². The van der Waals surface area contributed by atoms with Crippen LogP contribution in [-0.4, -0.2) is 35.7 Å². The van der Waals surface area contributed by atoms with Crippen LogP contribution in [0.3, 0.4) is 0 Å². The second-order valence-corrected chi connectivity index (χ2v) is 6.03. The van der Waals surface area contributed by atoms with Gasteiger partial charge in [-0.05, 0) is 43.0 Å². The highest BCUT2D eigenvalue weighted by molar-refractivity contribution is 5.65. The van der Waals surface area contributed by atoms with Gasteiger partial charge in [0, 0.05) is 19.6 Å². The van der Waals surface area contributed by atoms with Crippen molar-refractivity contribution >= 4 is 11.8 Å². The zero-order valence-electron chi connectivity index (χ0n) is 13.5. The fourth-order valence-corrected chi connectivity index (χ4v) is 2.98. The van der Waals surface area contributed by atoms with E-state index < -0.39 is 6.09 Å². The fraction of sp³-hybridized carbons (Fsp3) is 0.316. The molecular formula is C19H22N2O3. The lowest BCUT2D eigenvalue weighted by Crippen LogP contribution is -2.41. The van der Waals surface area contributed by atoms with E-state index in [0.717, 1.165) is 36.6 Å². The first-order valence-corrected chi connectivity index (χ1v) is 8.26. The summed E-state index contributed by atoms with van der Waals surface area (Å²) in [5.41, 5.74) is 0.925. The maximum absolute atomic E-state index is 11.1. The average molecular weight is 326 g/mol. The van der Waals surface area contributed by atoms with E-state index >= 15 is 0 Å². The molecule has 1 heterocycles. The lowest BCUT2D eigenvalue weighted by atomic mass is 9.98. The Labute approximate surface area is 141 Å². The van der Waals surface area contributed by atoms with Gasteiger partial charge in [0.15, 0.2) is 5.75 Å². The maximum atomic E-state index is 11.1. The van der Waals surface area contributed by atoms with E-state index in [-0.39, 0.29) is 0 Å². The quantitative estimate of drug-likeness (QED) is 0.861. The van der Waals surface area contributed by atoms with Crippen LogP contribution < -0.4 is 10.1 Å². The van der Waals surface area contributed by atoms with E-state index in [4.69, 9.17) is 9.84 Å². The van der Waals surface area contributed by atoms with Gasteiger partial charge in [0.05, 0.1) is 5.69 Å². The van der Waals surface area contributed by atoms with E-state index in [2.05, 4.69) is 5.32 Å². The Morgan fingerprint density at radius 1 is 1.17 bits per heavy atom. The molecule has 0 aliphatic carbocycles. The predicted octanol–water partition coefficient (Wildman–Crippen LogP) is 4.28. The molecule has 3 rings (SSSR count). The Balaban J connectivity index is 1.62. The molecule has 1 aliphatic rings. The Morgan fingerprint density at radius 3 is 2.71 bits per heavy atom. The van der Waals surface area contributed by atoms with E-state index in [0.29, 0.717) is 19.0 Å². The van der Waals surface area contributed by atoms with Crippen molar-refractivity contribution < 1.29 is 14.6 Å². The summed E-state index contributed by atoms with van der Waals surface area (Å²) in [6, 6.07) is 17.5. The Hall–Kier alpha value is -2.69. The van der Waals surface area contributed by atoms with Gasteiger partial charge >= 0.3 is 6.09 Å². The topological polar surface area (TPSA) is 61.8 Å². The summed E-state index contributed by atoms with van der Waals surface area (Å²) in [5.74, 6) is 1.88. The van der Waals surface area contributed by atoms with Crippen molar-refractivity contribution in [3.05, 3.63) is 54.6 Å². The third kappa shape index (κ3) is 4.19. The largest absolute Gasteiger partial charge is 0.465 e.